The molecule has 2 rings (SSSR count). The van der Waals surface area contributed by atoms with E-state index in [2.05, 4.69) is 15.8 Å². The van der Waals surface area contributed by atoms with Crippen molar-refractivity contribution in [1.29, 1.82) is 0 Å². The molecule has 7 heteroatoms. The molecule has 1 aromatic carbocycles. The maximum absolute atomic E-state index is 12.3. The van der Waals surface area contributed by atoms with Crippen LogP contribution in [0.3, 0.4) is 0 Å². The predicted octanol–water partition coefficient (Wildman–Crippen LogP) is 1.64. The summed E-state index contributed by atoms with van der Waals surface area (Å²) in [4.78, 5) is 12.3. The molecule has 0 aromatic heterocycles. The Morgan fingerprint density at radius 1 is 1.38 bits per heavy atom. The van der Waals surface area contributed by atoms with E-state index < -0.39 is 0 Å². The van der Waals surface area contributed by atoms with Gasteiger partial charge in [0, 0.05) is 17.4 Å². The number of benzene rings is 1. The van der Waals surface area contributed by atoms with Gasteiger partial charge in [0.15, 0.2) is 5.84 Å². The van der Waals surface area contributed by atoms with E-state index in [1.165, 1.54) is 0 Å². The first-order valence-electron chi connectivity index (χ1n) is 6.94. The molecule has 0 unspecified atom stereocenters. The summed E-state index contributed by atoms with van der Waals surface area (Å²) in [6.45, 7) is 0. The Morgan fingerprint density at radius 2 is 2.10 bits per heavy atom. The van der Waals surface area contributed by atoms with E-state index in [0.29, 0.717) is 23.0 Å². The van der Waals surface area contributed by atoms with E-state index in [4.69, 9.17) is 23.3 Å². The van der Waals surface area contributed by atoms with Crippen LogP contribution in [0, 0.1) is 5.92 Å². The Hall–Kier alpha value is -1.79. The molecule has 1 aliphatic rings. The maximum Gasteiger partial charge on any atom is 0.227 e. The average Bonchev–Trinajstić information content (AvgIpc) is 3.04. The van der Waals surface area contributed by atoms with Crippen LogP contribution in [0.15, 0.2) is 23.3 Å². The Labute approximate surface area is 128 Å². The third kappa shape index (κ3) is 3.65. The van der Waals surface area contributed by atoms with E-state index in [-0.39, 0.29) is 11.8 Å². The van der Waals surface area contributed by atoms with Gasteiger partial charge in [-0.3, -0.25) is 4.79 Å². The van der Waals surface area contributed by atoms with Gasteiger partial charge in [0.05, 0.1) is 5.69 Å². The fourth-order valence-corrected chi connectivity index (χ4v) is 2.76. The van der Waals surface area contributed by atoms with Crippen LogP contribution in [-0.2, 0) is 10.7 Å². The summed E-state index contributed by atoms with van der Waals surface area (Å²) in [6, 6.07) is 5.45. The number of nitrogens with one attached hydrogen (secondary N) is 2. The van der Waals surface area contributed by atoms with Crippen molar-refractivity contribution in [2.24, 2.45) is 22.7 Å². The van der Waals surface area contributed by atoms with Gasteiger partial charge in [0.1, 0.15) is 0 Å². The van der Waals surface area contributed by atoms with Crippen molar-refractivity contribution in [3.05, 3.63) is 29.3 Å². The highest BCUT2D eigenvalue weighted by molar-refractivity contribution is 6.17. The molecule has 1 aromatic rings. The Morgan fingerprint density at radius 3 is 2.67 bits per heavy atom. The molecule has 0 spiro atoms. The highest BCUT2D eigenvalue weighted by Crippen LogP contribution is 2.27. The zero-order valence-electron chi connectivity index (χ0n) is 11.7. The number of nitrogens with zero attached hydrogens (tertiary/aromatic N) is 1. The van der Waals surface area contributed by atoms with Crippen LogP contribution in [-0.4, -0.2) is 11.7 Å². The maximum atomic E-state index is 12.3. The Kier molecular flexibility index (Phi) is 5.41. The lowest BCUT2D eigenvalue weighted by molar-refractivity contribution is -0.119. The topological polar surface area (TPSA) is 106 Å². The standard InChI is InChI=1S/C14H20ClN5O/c15-8-9-5-6-11(13(19-16)20-17)12(7-9)18-14(21)10-3-1-2-4-10/h5-7,10H,1-4,8,16-17H2,(H,18,21)(H,19,20). The van der Waals surface area contributed by atoms with Gasteiger partial charge in [-0.2, -0.15) is 5.10 Å². The van der Waals surface area contributed by atoms with Crippen LogP contribution in [0.25, 0.3) is 0 Å². The van der Waals surface area contributed by atoms with Crippen molar-refractivity contribution >= 4 is 29.0 Å². The van der Waals surface area contributed by atoms with Gasteiger partial charge in [-0.15, -0.1) is 11.6 Å². The van der Waals surface area contributed by atoms with E-state index in [0.717, 1.165) is 31.2 Å². The number of hydrogen-bond donors (Lipinski definition) is 4. The zero-order valence-corrected chi connectivity index (χ0v) is 12.5. The number of hydrazone groups is 1. The minimum atomic E-state index is 0.0221. The molecule has 0 bridgehead atoms. The summed E-state index contributed by atoms with van der Waals surface area (Å²) in [5.74, 6) is 11.5. The number of anilines is 1. The predicted molar refractivity (Wildman–Crippen MR) is 84.6 cm³/mol. The first-order valence-corrected chi connectivity index (χ1v) is 7.47. The SMILES string of the molecule is N/N=C(\NN)c1ccc(CCl)cc1NC(=O)C1CCCC1. The molecule has 0 heterocycles. The minimum Gasteiger partial charge on any atom is -0.325 e. The van der Waals surface area contributed by atoms with Crippen LogP contribution in [0.5, 0.6) is 0 Å². The molecule has 1 aliphatic carbocycles. The first-order chi connectivity index (χ1) is 10.2. The van der Waals surface area contributed by atoms with Crippen molar-refractivity contribution in [2.75, 3.05) is 5.32 Å². The van der Waals surface area contributed by atoms with Crippen LogP contribution in [0.2, 0.25) is 0 Å². The summed E-state index contributed by atoms with van der Waals surface area (Å²) < 4.78 is 0. The first kappa shape index (κ1) is 15.6. The summed E-state index contributed by atoms with van der Waals surface area (Å²) in [5.41, 5.74) is 4.58. The molecule has 1 amide bonds. The van der Waals surface area contributed by atoms with Crippen LogP contribution in [0.4, 0.5) is 5.69 Å². The number of hydrogen-bond acceptors (Lipinski definition) is 4. The fraction of sp³-hybridized carbons (Fsp3) is 0.429. The van der Waals surface area contributed by atoms with Crippen LogP contribution >= 0.6 is 11.6 Å². The van der Waals surface area contributed by atoms with Gasteiger partial charge in [0.2, 0.25) is 5.91 Å². The molecule has 0 atom stereocenters. The number of amidine groups is 1. The number of rotatable bonds is 4. The second-order valence-corrected chi connectivity index (χ2v) is 5.37. The second kappa shape index (κ2) is 7.28. The minimum absolute atomic E-state index is 0.0221. The molecular formula is C14H20ClN5O. The van der Waals surface area contributed by atoms with E-state index in [1.54, 1.807) is 6.07 Å². The van der Waals surface area contributed by atoms with E-state index in [1.807, 2.05) is 12.1 Å². The third-order valence-corrected chi connectivity index (χ3v) is 4.05. The van der Waals surface area contributed by atoms with Gasteiger partial charge in [-0.05, 0) is 30.5 Å². The molecule has 1 saturated carbocycles. The Balaban J connectivity index is 2.28. The molecule has 6 N–H and O–H groups in total. The third-order valence-electron chi connectivity index (χ3n) is 3.74. The normalized spacial score (nSPS) is 16.0. The average molecular weight is 310 g/mol. The lowest BCUT2D eigenvalue weighted by Gasteiger charge is -2.15. The number of hydrazine groups is 1. The summed E-state index contributed by atoms with van der Waals surface area (Å²) in [7, 11) is 0. The van der Waals surface area contributed by atoms with Crippen molar-refractivity contribution in [3.8, 4) is 0 Å². The molecule has 1 fully saturated rings. The van der Waals surface area contributed by atoms with E-state index >= 15 is 0 Å². The second-order valence-electron chi connectivity index (χ2n) is 5.11. The lowest BCUT2D eigenvalue weighted by atomic mass is 10.1. The summed E-state index contributed by atoms with van der Waals surface area (Å²) in [6.07, 6.45) is 4.08. The molecule has 114 valence electrons. The lowest BCUT2D eigenvalue weighted by Crippen LogP contribution is -2.33. The monoisotopic (exact) mass is 309 g/mol. The number of halogens is 1. The van der Waals surface area contributed by atoms with Gasteiger partial charge < -0.3 is 16.6 Å². The number of alkyl halides is 1. The van der Waals surface area contributed by atoms with Gasteiger partial charge in [-0.1, -0.05) is 18.9 Å². The summed E-state index contributed by atoms with van der Waals surface area (Å²) >= 11 is 5.85. The van der Waals surface area contributed by atoms with Crippen molar-refractivity contribution < 1.29 is 4.79 Å². The van der Waals surface area contributed by atoms with Crippen molar-refractivity contribution in [1.82, 2.24) is 5.43 Å². The molecule has 0 aliphatic heterocycles. The van der Waals surface area contributed by atoms with Crippen molar-refractivity contribution in [2.45, 2.75) is 31.6 Å². The summed E-state index contributed by atoms with van der Waals surface area (Å²) in [5, 5.41) is 6.54. The smallest absolute Gasteiger partial charge is 0.227 e. The quantitative estimate of drug-likeness (QED) is 0.223. The molecule has 0 radical (unpaired) electrons. The van der Waals surface area contributed by atoms with Gasteiger partial charge >= 0.3 is 0 Å². The van der Waals surface area contributed by atoms with Crippen LogP contribution in [0.1, 0.15) is 36.8 Å². The largest absolute Gasteiger partial charge is 0.325 e. The van der Waals surface area contributed by atoms with Gasteiger partial charge in [0.25, 0.3) is 0 Å². The number of amides is 1. The van der Waals surface area contributed by atoms with Gasteiger partial charge in [-0.25, -0.2) is 5.84 Å². The van der Waals surface area contributed by atoms with Crippen molar-refractivity contribution in [3.63, 3.8) is 0 Å². The zero-order chi connectivity index (χ0) is 15.2. The number of nitrogens with two attached hydrogens (primary N) is 2. The molecule has 21 heavy (non-hydrogen) atoms. The molecular weight excluding hydrogens is 290 g/mol. The van der Waals surface area contributed by atoms with Crippen LogP contribution < -0.4 is 22.4 Å². The fourth-order valence-electron chi connectivity index (χ4n) is 2.59. The van der Waals surface area contributed by atoms with E-state index in [9.17, 15) is 4.79 Å². The number of carbonyl (C=O) groups is 1. The number of carbonyl (C=O) groups excluding carboxylic acids is 1. The highest BCUT2D eigenvalue weighted by atomic mass is 35.5. The highest BCUT2D eigenvalue weighted by Gasteiger charge is 2.23. The Bertz CT molecular complexity index is 540. The molecule has 0 saturated heterocycles. The molecule has 6 nitrogen and oxygen atoms in total.